The first kappa shape index (κ1) is 12.9. The van der Waals surface area contributed by atoms with Crippen LogP contribution in [0.3, 0.4) is 0 Å². The zero-order chi connectivity index (χ0) is 10.1. The molecule has 0 aliphatic rings. The molecule has 0 fully saturated rings. The van der Waals surface area contributed by atoms with Gasteiger partial charge in [-0.3, -0.25) is 0 Å². The molecule has 13 heavy (non-hydrogen) atoms. The van der Waals surface area contributed by atoms with Crippen LogP contribution in [0.5, 0.6) is 0 Å². The van der Waals surface area contributed by atoms with E-state index in [0.717, 1.165) is 26.0 Å². The van der Waals surface area contributed by atoms with Gasteiger partial charge in [0.2, 0.25) is 0 Å². The average molecular weight is 187 g/mol. The predicted octanol–water partition coefficient (Wildman–Crippen LogP) is 2.58. The minimum Gasteiger partial charge on any atom is -0.377 e. The predicted molar refractivity (Wildman–Crippen MR) is 58.1 cm³/mol. The third kappa shape index (κ3) is 6.05. The Kier molecular flexibility index (Phi) is 8.46. The maximum absolute atomic E-state index is 5.68. The molecule has 0 aromatic carbocycles. The lowest BCUT2D eigenvalue weighted by molar-refractivity contribution is 0.0383. The van der Waals surface area contributed by atoms with Crippen LogP contribution >= 0.6 is 0 Å². The van der Waals surface area contributed by atoms with Crippen molar-refractivity contribution in [3.8, 4) is 0 Å². The number of rotatable bonds is 8. The topological polar surface area (TPSA) is 21.3 Å². The van der Waals surface area contributed by atoms with E-state index in [4.69, 9.17) is 4.74 Å². The molecule has 2 heteroatoms. The summed E-state index contributed by atoms with van der Waals surface area (Å²) in [5, 5.41) is 3.50. The van der Waals surface area contributed by atoms with Crippen LogP contribution < -0.4 is 5.32 Å². The lowest BCUT2D eigenvalue weighted by Gasteiger charge is -2.24. The molecule has 1 N–H and O–H groups in total. The highest BCUT2D eigenvalue weighted by atomic mass is 16.5. The van der Waals surface area contributed by atoms with Crippen molar-refractivity contribution in [2.45, 2.75) is 59.1 Å². The first-order valence-electron chi connectivity index (χ1n) is 5.61. The van der Waals surface area contributed by atoms with Crippen LogP contribution in [0.25, 0.3) is 0 Å². The third-order valence-electron chi connectivity index (χ3n) is 2.25. The zero-order valence-electron chi connectivity index (χ0n) is 9.60. The minimum atomic E-state index is 0.344. The maximum atomic E-state index is 5.68. The van der Waals surface area contributed by atoms with E-state index in [9.17, 15) is 0 Å². The van der Waals surface area contributed by atoms with Crippen molar-refractivity contribution in [1.29, 1.82) is 0 Å². The smallest absolute Gasteiger partial charge is 0.0699 e. The van der Waals surface area contributed by atoms with Crippen LogP contribution in [0.15, 0.2) is 0 Å². The highest BCUT2D eigenvalue weighted by molar-refractivity contribution is 4.71. The molecule has 0 saturated carbocycles. The van der Waals surface area contributed by atoms with E-state index < -0.39 is 0 Å². The standard InChI is InChI=1S/C11H25NO/c1-5-8-12-11(7-3)10(4)13-9-6-2/h10-12H,5-9H2,1-4H3. The van der Waals surface area contributed by atoms with Gasteiger partial charge in [0.15, 0.2) is 0 Å². The SMILES string of the molecule is CCCNC(CC)C(C)OCCC. The molecule has 2 unspecified atom stereocenters. The van der Waals surface area contributed by atoms with Crippen molar-refractivity contribution in [2.75, 3.05) is 13.2 Å². The van der Waals surface area contributed by atoms with Gasteiger partial charge in [0.05, 0.1) is 6.10 Å². The molecule has 0 bridgehead atoms. The summed E-state index contributed by atoms with van der Waals surface area (Å²) in [6, 6.07) is 0.520. The van der Waals surface area contributed by atoms with Crippen molar-refractivity contribution < 1.29 is 4.74 Å². The van der Waals surface area contributed by atoms with Gasteiger partial charge < -0.3 is 10.1 Å². The Balaban J connectivity index is 3.63. The Morgan fingerprint density at radius 3 is 2.31 bits per heavy atom. The van der Waals surface area contributed by atoms with E-state index >= 15 is 0 Å². The van der Waals surface area contributed by atoms with E-state index in [2.05, 4.69) is 33.0 Å². The Labute approximate surface area is 83.1 Å². The summed E-state index contributed by atoms with van der Waals surface area (Å²) in [6.07, 6.45) is 3.78. The Morgan fingerprint density at radius 1 is 1.15 bits per heavy atom. The molecular weight excluding hydrogens is 162 g/mol. The molecule has 0 rings (SSSR count). The summed E-state index contributed by atoms with van der Waals surface area (Å²) < 4.78 is 5.68. The van der Waals surface area contributed by atoms with E-state index in [-0.39, 0.29) is 0 Å². The molecule has 2 nitrogen and oxygen atoms in total. The summed E-state index contributed by atoms with van der Waals surface area (Å²) in [7, 11) is 0. The minimum absolute atomic E-state index is 0.344. The molecule has 0 saturated heterocycles. The molecule has 2 atom stereocenters. The Morgan fingerprint density at radius 2 is 1.85 bits per heavy atom. The summed E-state index contributed by atoms with van der Waals surface area (Å²) in [4.78, 5) is 0. The third-order valence-corrected chi connectivity index (χ3v) is 2.25. The first-order chi connectivity index (χ1) is 6.26. The molecule has 0 amide bonds. The molecule has 0 radical (unpaired) electrons. The number of ether oxygens (including phenoxy) is 1. The molecule has 0 aromatic heterocycles. The second-order valence-corrected chi connectivity index (χ2v) is 3.54. The fourth-order valence-corrected chi connectivity index (χ4v) is 1.39. The summed E-state index contributed by atoms with van der Waals surface area (Å²) in [5.41, 5.74) is 0. The van der Waals surface area contributed by atoms with Gasteiger partial charge in [-0.05, 0) is 32.7 Å². The Hall–Kier alpha value is -0.0800. The molecule has 80 valence electrons. The van der Waals surface area contributed by atoms with Crippen molar-refractivity contribution in [3.05, 3.63) is 0 Å². The van der Waals surface area contributed by atoms with Gasteiger partial charge >= 0.3 is 0 Å². The van der Waals surface area contributed by atoms with Gasteiger partial charge in [0.1, 0.15) is 0 Å². The van der Waals surface area contributed by atoms with Crippen LogP contribution in [0.1, 0.15) is 47.0 Å². The molecular formula is C11H25NO. The maximum Gasteiger partial charge on any atom is 0.0699 e. The quantitative estimate of drug-likeness (QED) is 0.630. The van der Waals surface area contributed by atoms with Gasteiger partial charge in [0.25, 0.3) is 0 Å². The van der Waals surface area contributed by atoms with Gasteiger partial charge in [-0.25, -0.2) is 0 Å². The molecule has 0 aliphatic carbocycles. The normalized spacial score (nSPS) is 15.7. The first-order valence-corrected chi connectivity index (χ1v) is 5.61. The second-order valence-electron chi connectivity index (χ2n) is 3.54. The van der Waals surface area contributed by atoms with Crippen LogP contribution in [0.4, 0.5) is 0 Å². The summed E-state index contributed by atoms with van der Waals surface area (Å²) >= 11 is 0. The molecule has 0 aromatic rings. The van der Waals surface area contributed by atoms with Gasteiger partial charge in [-0.1, -0.05) is 20.8 Å². The average Bonchev–Trinajstić information content (AvgIpc) is 2.16. The molecule has 0 spiro atoms. The largest absolute Gasteiger partial charge is 0.377 e. The van der Waals surface area contributed by atoms with Gasteiger partial charge in [0, 0.05) is 12.6 Å². The zero-order valence-corrected chi connectivity index (χ0v) is 9.60. The highest BCUT2D eigenvalue weighted by Crippen LogP contribution is 2.03. The van der Waals surface area contributed by atoms with E-state index in [1.54, 1.807) is 0 Å². The number of hydrogen-bond donors (Lipinski definition) is 1. The lowest BCUT2D eigenvalue weighted by atomic mass is 10.1. The summed E-state index contributed by atoms with van der Waals surface area (Å²) in [6.45, 7) is 10.7. The van der Waals surface area contributed by atoms with Crippen LogP contribution in [-0.4, -0.2) is 25.3 Å². The number of hydrogen-bond acceptors (Lipinski definition) is 2. The van der Waals surface area contributed by atoms with Crippen molar-refractivity contribution >= 4 is 0 Å². The van der Waals surface area contributed by atoms with E-state index in [1.165, 1.54) is 6.42 Å². The molecule has 0 aliphatic heterocycles. The lowest BCUT2D eigenvalue weighted by Crippen LogP contribution is -2.39. The van der Waals surface area contributed by atoms with Crippen molar-refractivity contribution in [3.63, 3.8) is 0 Å². The fourth-order valence-electron chi connectivity index (χ4n) is 1.39. The monoisotopic (exact) mass is 187 g/mol. The van der Waals surface area contributed by atoms with Crippen LogP contribution in [-0.2, 0) is 4.74 Å². The van der Waals surface area contributed by atoms with E-state index in [0.29, 0.717) is 12.1 Å². The van der Waals surface area contributed by atoms with Crippen molar-refractivity contribution in [2.24, 2.45) is 0 Å². The fraction of sp³-hybridized carbons (Fsp3) is 1.00. The molecule has 0 heterocycles. The van der Waals surface area contributed by atoms with E-state index in [1.807, 2.05) is 0 Å². The highest BCUT2D eigenvalue weighted by Gasteiger charge is 2.13. The Bertz CT molecular complexity index is 106. The van der Waals surface area contributed by atoms with Crippen molar-refractivity contribution in [1.82, 2.24) is 5.32 Å². The van der Waals surface area contributed by atoms with Gasteiger partial charge in [-0.15, -0.1) is 0 Å². The van der Waals surface area contributed by atoms with Crippen LogP contribution in [0, 0.1) is 0 Å². The number of nitrogens with one attached hydrogen (secondary N) is 1. The second kappa shape index (κ2) is 8.52. The summed E-state index contributed by atoms with van der Waals surface area (Å²) in [5.74, 6) is 0. The van der Waals surface area contributed by atoms with Crippen LogP contribution in [0.2, 0.25) is 0 Å². The van der Waals surface area contributed by atoms with Gasteiger partial charge in [-0.2, -0.15) is 0 Å².